The molecule has 0 aliphatic heterocycles. The van der Waals surface area contributed by atoms with Crippen LogP contribution in [0.4, 0.5) is 0 Å². The molecule has 0 radical (unpaired) electrons. The summed E-state index contributed by atoms with van der Waals surface area (Å²) in [5.74, 6) is 0. The van der Waals surface area contributed by atoms with Gasteiger partial charge in [-0.2, -0.15) is 0 Å². The van der Waals surface area contributed by atoms with Crippen molar-refractivity contribution in [3.05, 3.63) is 0 Å². The molecule has 0 heterocycles. The van der Waals surface area contributed by atoms with Crippen LogP contribution in [0.2, 0.25) is 0 Å². The van der Waals surface area contributed by atoms with Crippen molar-refractivity contribution < 1.29 is 65.8 Å². The first-order valence-corrected chi connectivity index (χ1v) is 6.56. The van der Waals surface area contributed by atoms with Gasteiger partial charge in [0, 0.05) is 0 Å². The summed E-state index contributed by atoms with van der Waals surface area (Å²) >= 11 is -0.639. The van der Waals surface area contributed by atoms with E-state index in [0.717, 1.165) is 0 Å². The number of hydrogen-bond donors (Lipinski definition) is 0. The molecule has 98 valence electrons. The Morgan fingerprint density at radius 3 is 0.417 bits per heavy atom. The molecule has 0 saturated heterocycles. The fourth-order valence-corrected chi connectivity index (χ4v) is 0. The molecular weight excluding hydrogens is 410 g/mol. The molecule has 0 unspecified atom stereocenters. The van der Waals surface area contributed by atoms with E-state index in [1.54, 1.807) is 0 Å². The van der Waals surface area contributed by atoms with E-state index >= 15 is 0 Å². The summed E-state index contributed by atoms with van der Waals surface area (Å²) in [5.41, 5.74) is 0. The predicted molar refractivity (Wildman–Crippen MR) is 47.0 cm³/mol. The normalized spacial score (nSPS) is 1.83. The molecule has 0 aromatic heterocycles. The van der Waals surface area contributed by atoms with E-state index in [9.17, 15) is 0 Å². The van der Waals surface area contributed by atoms with Gasteiger partial charge in [-0.25, -0.2) is 0 Å². The summed E-state index contributed by atoms with van der Waals surface area (Å²) in [7, 11) is 9.81. The summed E-state index contributed by atoms with van der Waals surface area (Å²) < 4.78 is 0. The van der Waals surface area contributed by atoms with Gasteiger partial charge in [0.1, 0.15) is 0 Å². The van der Waals surface area contributed by atoms with Crippen molar-refractivity contribution in [2.24, 2.45) is 0 Å². The Morgan fingerprint density at radius 1 is 0.417 bits per heavy atom. The predicted octanol–water partition coefficient (Wildman–Crippen LogP) is -6.58. The first-order valence-electron chi connectivity index (χ1n) is 0.267. The Kier molecular flexibility index (Phi) is 7020. The van der Waals surface area contributed by atoms with Crippen molar-refractivity contribution in [1.82, 2.24) is 0 Å². The minimum atomic E-state index is -0.639. The molecule has 0 aromatic rings. The third-order valence-electron chi connectivity index (χ3n) is 0. The number of hydrogen-bond acceptors (Lipinski definition) is 0. The fourth-order valence-electron chi connectivity index (χ4n) is 0. The molecule has 18 N–H and O–H groups in total. The maximum atomic E-state index is 4.90. The first-order chi connectivity index (χ1) is 1.41. The summed E-state index contributed by atoms with van der Waals surface area (Å²) in [4.78, 5) is 0. The Hall–Kier alpha value is 0.908. The average molecular weight is 430 g/mol. The molecular formula is H20Cl2O9Pt. The van der Waals surface area contributed by atoms with Gasteiger partial charge in [-0.1, -0.05) is 0 Å². The van der Waals surface area contributed by atoms with Crippen molar-refractivity contribution in [3.8, 4) is 0 Å². The molecule has 9 nitrogen and oxygen atoms in total. The van der Waals surface area contributed by atoms with Crippen LogP contribution in [0.25, 0.3) is 0 Å². The van der Waals surface area contributed by atoms with Gasteiger partial charge in [0.15, 0.2) is 0 Å². The third-order valence-corrected chi connectivity index (χ3v) is 0. The van der Waals surface area contributed by atoms with E-state index in [1.807, 2.05) is 0 Å². The second-order valence-corrected chi connectivity index (χ2v) is 3.72. The molecule has 12 heavy (non-hydrogen) atoms. The van der Waals surface area contributed by atoms with Crippen molar-refractivity contribution >= 4 is 18.8 Å². The molecule has 0 amide bonds. The molecule has 0 aliphatic carbocycles. The quantitative estimate of drug-likeness (QED) is 0.346. The molecule has 0 saturated carbocycles. The Labute approximate surface area is 84.8 Å². The summed E-state index contributed by atoms with van der Waals surface area (Å²) in [5, 5.41) is 0. The van der Waals surface area contributed by atoms with Crippen LogP contribution in [0.5, 0.6) is 0 Å². The number of rotatable bonds is 0. The van der Waals surface area contributed by atoms with Gasteiger partial charge in [-0.15, -0.1) is 0 Å². The van der Waals surface area contributed by atoms with E-state index in [2.05, 4.69) is 0 Å². The van der Waals surface area contributed by atoms with Crippen molar-refractivity contribution in [2.45, 2.75) is 0 Å². The minimum absolute atomic E-state index is 0. The zero-order valence-electron chi connectivity index (χ0n) is 5.61. The molecule has 12 heteroatoms. The van der Waals surface area contributed by atoms with Crippen LogP contribution in [-0.2, 0) is 16.5 Å². The summed E-state index contributed by atoms with van der Waals surface area (Å²) in [6.07, 6.45) is 0. The average Bonchev–Trinajstić information content (AvgIpc) is 0.918. The molecule has 0 fully saturated rings. The van der Waals surface area contributed by atoms with Gasteiger partial charge in [0.2, 0.25) is 0 Å². The first kappa shape index (κ1) is 216. The van der Waals surface area contributed by atoms with Crippen LogP contribution in [0, 0.1) is 0 Å². The van der Waals surface area contributed by atoms with Crippen molar-refractivity contribution in [1.29, 1.82) is 0 Å². The van der Waals surface area contributed by atoms with Crippen LogP contribution in [-0.4, -0.2) is 49.3 Å². The second kappa shape index (κ2) is 389. The molecule has 0 aliphatic rings. The molecule has 0 rings (SSSR count). The van der Waals surface area contributed by atoms with Crippen LogP contribution in [0.1, 0.15) is 0 Å². The van der Waals surface area contributed by atoms with Gasteiger partial charge in [0.25, 0.3) is 0 Å². The molecule has 0 atom stereocenters. The van der Waals surface area contributed by atoms with Crippen molar-refractivity contribution in [3.63, 3.8) is 0 Å². The van der Waals surface area contributed by atoms with Gasteiger partial charge in [-0.3, -0.25) is 0 Å². The van der Waals surface area contributed by atoms with Gasteiger partial charge in [-0.05, 0) is 0 Å². The van der Waals surface area contributed by atoms with Crippen LogP contribution >= 0.6 is 18.8 Å². The van der Waals surface area contributed by atoms with E-state index in [1.165, 1.54) is 0 Å². The van der Waals surface area contributed by atoms with Crippen LogP contribution in [0.15, 0.2) is 0 Å². The maximum absolute atomic E-state index is 4.90. The van der Waals surface area contributed by atoms with Gasteiger partial charge >= 0.3 is 35.3 Å². The van der Waals surface area contributed by atoms with E-state index in [4.69, 9.17) is 18.8 Å². The monoisotopic (exact) mass is 429 g/mol. The topological polar surface area (TPSA) is 284 Å². The molecule has 0 aromatic carbocycles. The summed E-state index contributed by atoms with van der Waals surface area (Å²) in [6.45, 7) is 0. The van der Waals surface area contributed by atoms with Crippen LogP contribution in [0.3, 0.4) is 0 Å². The van der Waals surface area contributed by atoms with Crippen molar-refractivity contribution in [2.75, 3.05) is 0 Å². The zero-order valence-corrected chi connectivity index (χ0v) is 9.66. The standard InChI is InChI=1S/2ClH.9H2O.Pt.2H/h2*1H;9*1H2;;;/q;;;;;;;;;;;+2;;/p-2. The van der Waals surface area contributed by atoms with E-state index in [0.29, 0.717) is 0 Å². The fraction of sp³-hybridized carbons (Fsp3) is 0. The third kappa shape index (κ3) is 1300. The van der Waals surface area contributed by atoms with Gasteiger partial charge < -0.3 is 49.3 Å². The SMILES string of the molecule is O.O.O.O.O.O.O.O.O.[Cl][PtH2][Cl]. The van der Waals surface area contributed by atoms with Crippen LogP contribution < -0.4 is 0 Å². The van der Waals surface area contributed by atoms with E-state index < -0.39 is 16.5 Å². The Morgan fingerprint density at radius 2 is 0.417 bits per heavy atom. The molecule has 0 bridgehead atoms. The summed E-state index contributed by atoms with van der Waals surface area (Å²) in [6, 6.07) is 0. The Bertz CT molecular complexity index is 12.5. The second-order valence-electron chi connectivity index (χ2n) is 0.0505. The zero-order chi connectivity index (χ0) is 2.71. The van der Waals surface area contributed by atoms with Gasteiger partial charge in [0.05, 0.1) is 0 Å². The molecule has 0 spiro atoms. The Balaban J connectivity index is -0.000000000556. The number of halogens is 2. The van der Waals surface area contributed by atoms with E-state index in [-0.39, 0.29) is 49.3 Å².